The molecule has 2 rings (SSSR count). The van der Waals surface area contributed by atoms with Crippen molar-refractivity contribution in [3.8, 4) is 0 Å². The van der Waals surface area contributed by atoms with Gasteiger partial charge in [0.15, 0.2) is 5.52 Å². The number of nitrogens with one attached hydrogen (secondary N) is 3. The Kier molecular flexibility index (Phi) is 20.9. The van der Waals surface area contributed by atoms with E-state index in [4.69, 9.17) is 9.26 Å². The van der Waals surface area contributed by atoms with Crippen molar-refractivity contribution in [2.75, 3.05) is 24.7 Å². The van der Waals surface area contributed by atoms with Gasteiger partial charge >= 0.3 is 19.1 Å². The third kappa shape index (κ3) is 16.0. The molecule has 0 aliphatic rings. The van der Waals surface area contributed by atoms with Crippen LogP contribution < -0.4 is 16.9 Å². The fraction of sp³-hybridized carbons (Fsp3) is 0.844. The quantitative estimate of drug-likeness (QED) is 0.0416. The molecule has 0 aromatic carbocycles. The number of hydrogen-bond donors (Lipinski definition) is 4. The highest BCUT2D eigenvalue weighted by atomic mass is 32.2. The van der Waals surface area contributed by atoms with E-state index in [0.29, 0.717) is 12.4 Å². The highest BCUT2D eigenvalue weighted by Gasteiger charge is 2.31. The molecule has 46 heavy (non-hydrogen) atoms. The second kappa shape index (κ2) is 23.7. The molecule has 0 bridgehead atoms. The summed E-state index contributed by atoms with van der Waals surface area (Å²) in [4.78, 5) is 54.0. The Balaban J connectivity index is 1.83. The van der Waals surface area contributed by atoms with Crippen molar-refractivity contribution < 1.29 is 23.3 Å². The number of fused-ring (bicyclic) bond motifs is 1. The summed E-state index contributed by atoms with van der Waals surface area (Å²) >= 11 is -1.23. The predicted molar refractivity (Wildman–Crippen MR) is 186 cm³/mol. The van der Waals surface area contributed by atoms with E-state index in [1.165, 1.54) is 89.9 Å². The lowest BCUT2D eigenvalue weighted by Gasteiger charge is -2.22. The van der Waals surface area contributed by atoms with E-state index in [-0.39, 0.29) is 21.3 Å². The van der Waals surface area contributed by atoms with Crippen molar-refractivity contribution in [2.24, 2.45) is 0 Å². The number of unbranched alkanes of at least 4 members (excludes halogenated alkanes) is 18. The third-order valence-corrected chi connectivity index (χ3v) is 11.0. The number of H-pyrrole nitrogens is 3. The number of hydrogen-bond acceptors (Lipinski definition) is 7. The van der Waals surface area contributed by atoms with Crippen molar-refractivity contribution in [1.29, 1.82) is 0 Å². The molecular weight excluding hydrogens is 631 g/mol. The Morgan fingerprint density at radius 2 is 1.26 bits per heavy atom. The highest BCUT2D eigenvalue weighted by molar-refractivity contribution is 7.91. The number of aromatic amines is 3. The highest BCUT2D eigenvalue weighted by Crippen LogP contribution is 2.41. The maximum atomic E-state index is 13.1. The summed E-state index contributed by atoms with van der Waals surface area (Å²) in [6.07, 6.45) is 22.8. The largest absolute Gasteiger partial charge is 0.616 e. The van der Waals surface area contributed by atoms with E-state index in [1.807, 2.05) is 0 Å². The molecule has 3 unspecified atom stereocenters. The van der Waals surface area contributed by atoms with E-state index >= 15 is 0 Å². The molecular formula is C32H59N4O8PS. The summed E-state index contributed by atoms with van der Waals surface area (Å²) in [5.41, 5.74) is -3.66. The zero-order chi connectivity index (χ0) is 33.6. The van der Waals surface area contributed by atoms with Crippen LogP contribution >= 0.6 is 7.75 Å². The first-order valence-corrected chi connectivity index (χ1v) is 20.6. The summed E-state index contributed by atoms with van der Waals surface area (Å²) in [5, 5.41) is 0. The summed E-state index contributed by atoms with van der Waals surface area (Å²) in [6.45, 7) is 4.38. The van der Waals surface area contributed by atoms with E-state index in [2.05, 4.69) is 28.8 Å². The van der Waals surface area contributed by atoms with E-state index in [0.717, 1.165) is 38.5 Å². The molecule has 4 N–H and O–H groups in total. The van der Waals surface area contributed by atoms with Crippen LogP contribution in [-0.2, 0) is 25.0 Å². The van der Waals surface area contributed by atoms with Gasteiger partial charge in [0.1, 0.15) is 23.3 Å². The van der Waals surface area contributed by atoms with Gasteiger partial charge in [0.05, 0.1) is 6.61 Å². The van der Waals surface area contributed by atoms with Gasteiger partial charge in [-0.05, 0) is 19.3 Å². The summed E-state index contributed by atoms with van der Waals surface area (Å²) in [6, 6.07) is 0. The van der Waals surface area contributed by atoms with Gasteiger partial charge in [-0.2, -0.15) is 4.34 Å². The normalized spacial score (nSPS) is 14.5. The zero-order valence-electron chi connectivity index (χ0n) is 28.2. The molecule has 12 nitrogen and oxygen atoms in total. The molecule has 0 saturated heterocycles. The molecule has 0 spiro atoms. The van der Waals surface area contributed by atoms with Gasteiger partial charge < -0.3 is 14.2 Å². The molecule has 0 saturated carbocycles. The molecule has 0 fully saturated rings. The SMILES string of the molecule is CCCCCCCCCCCCCC[S+]([O-])CC(COP(=O)(O)n1c(=O)[nH]c2[nH]c(=O)[nH]c2c1=O)OCCCCCCCCCC. The number of nitrogens with zero attached hydrogens (tertiary/aromatic N) is 1. The van der Waals surface area contributed by atoms with Gasteiger partial charge in [-0.3, -0.25) is 24.3 Å². The minimum atomic E-state index is -4.98. The first kappa shape index (κ1) is 40.5. The Hall–Kier alpha value is -1.63. The molecule has 0 aliphatic carbocycles. The molecule has 2 heterocycles. The van der Waals surface area contributed by atoms with Crippen LogP contribution in [-0.4, -0.2) is 59.6 Å². The van der Waals surface area contributed by atoms with Crippen LogP contribution in [0.5, 0.6) is 0 Å². The van der Waals surface area contributed by atoms with Crippen molar-refractivity contribution >= 4 is 30.1 Å². The Labute approximate surface area is 276 Å². The molecule has 3 atom stereocenters. The minimum absolute atomic E-state index is 0.0676. The lowest BCUT2D eigenvalue weighted by molar-refractivity contribution is 0.0283. The third-order valence-electron chi connectivity index (χ3n) is 8.19. The number of aromatic nitrogens is 4. The lowest BCUT2D eigenvalue weighted by Crippen LogP contribution is -2.36. The standard InChI is InChI=1S/C32H59N4O8PS/c1-3-5-7-9-11-13-14-15-16-18-20-22-24-46(42)26-27(43-23-21-19-17-12-10-8-6-4-2)25-44-45(40,41)36-30(37)28-29(35-32(36)39)34-31(38)33-28/h27H,3-26H2,1-2H3,(H,35,39)(H,40,41)(H2,33,34,38). The molecule has 266 valence electrons. The molecule has 0 radical (unpaired) electrons. The fourth-order valence-corrected chi connectivity index (χ4v) is 7.87. The first-order valence-electron chi connectivity index (χ1n) is 17.6. The van der Waals surface area contributed by atoms with Crippen LogP contribution in [0.3, 0.4) is 0 Å². The maximum Gasteiger partial charge on any atom is 0.443 e. The summed E-state index contributed by atoms with van der Waals surface area (Å²) < 4.78 is 37.3. The molecule has 0 aliphatic heterocycles. The number of imidazole rings is 1. The smallest absolute Gasteiger partial charge is 0.443 e. The second-order valence-corrected chi connectivity index (χ2v) is 15.6. The minimum Gasteiger partial charge on any atom is -0.616 e. The number of rotatable bonds is 29. The van der Waals surface area contributed by atoms with Crippen molar-refractivity contribution in [3.05, 3.63) is 31.3 Å². The Morgan fingerprint density at radius 3 is 1.80 bits per heavy atom. The van der Waals surface area contributed by atoms with Crippen LogP contribution in [0, 0.1) is 0 Å². The Morgan fingerprint density at radius 1 is 0.761 bits per heavy atom. The van der Waals surface area contributed by atoms with Crippen molar-refractivity contribution in [1.82, 2.24) is 19.3 Å². The molecule has 0 amide bonds. The molecule has 2 aromatic rings. The van der Waals surface area contributed by atoms with Crippen molar-refractivity contribution in [2.45, 2.75) is 148 Å². The number of ether oxygens (including phenoxy) is 1. The summed E-state index contributed by atoms with van der Waals surface area (Å²) in [5.74, 6) is 0.618. The average molecular weight is 691 g/mol. The first-order chi connectivity index (χ1) is 22.2. The van der Waals surface area contributed by atoms with Crippen LogP contribution in [0.15, 0.2) is 14.4 Å². The predicted octanol–water partition coefficient (Wildman–Crippen LogP) is 6.65. The Bertz CT molecular complexity index is 1310. The van der Waals surface area contributed by atoms with Crippen LogP contribution in [0.25, 0.3) is 11.2 Å². The monoisotopic (exact) mass is 690 g/mol. The topological polar surface area (TPSA) is 182 Å². The van der Waals surface area contributed by atoms with Gasteiger partial charge in [-0.1, -0.05) is 134 Å². The van der Waals surface area contributed by atoms with Gasteiger partial charge in [-0.15, -0.1) is 0 Å². The fourth-order valence-electron chi connectivity index (χ4n) is 5.49. The molecule has 14 heteroatoms. The lowest BCUT2D eigenvalue weighted by atomic mass is 10.1. The average Bonchev–Trinajstić information content (AvgIpc) is 3.39. The van der Waals surface area contributed by atoms with Crippen molar-refractivity contribution in [3.63, 3.8) is 0 Å². The van der Waals surface area contributed by atoms with E-state index in [9.17, 15) is 28.4 Å². The maximum absolute atomic E-state index is 13.1. The van der Waals surface area contributed by atoms with Crippen LogP contribution in [0.1, 0.15) is 142 Å². The summed E-state index contributed by atoms with van der Waals surface area (Å²) in [7, 11) is -4.98. The van der Waals surface area contributed by atoms with Crippen LogP contribution in [0.4, 0.5) is 0 Å². The molecule has 2 aromatic heterocycles. The zero-order valence-corrected chi connectivity index (χ0v) is 29.9. The second-order valence-electron chi connectivity index (χ2n) is 12.3. The van der Waals surface area contributed by atoms with Gasteiger partial charge in [0.25, 0.3) is 5.56 Å². The van der Waals surface area contributed by atoms with E-state index < -0.39 is 48.6 Å². The van der Waals surface area contributed by atoms with Gasteiger partial charge in [0, 0.05) is 6.61 Å². The van der Waals surface area contributed by atoms with Gasteiger partial charge in [0.2, 0.25) is 0 Å². The van der Waals surface area contributed by atoms with Crippen LogP contribution in [0.2, 0.25) is 0 Å². The van der Waals surface area contributed by atoms with E-state index in [1.54, 1.807) is 0 Å². The van der Waals surface area contributed by atoms with Gasteiger partial charge in [-0.25, -0.2) is 14.2 Å².